The number of hydrogen-bond acceptors (Lipinski definition) is 3. The maximum absolute atomic E-state index is 11.5. The second kappa shape index (κ2) is 5.78. The number of aryl methyl sites for hydroxylation is 1. The number of phenols is 1. The summed E-state index contributed by atoms with van der Waals surface area (Å²) in [6.07, 6.45) is 0.437. The Balaban J connectivity index is 2.68. The number of carboxylic acids is 1. The summed E-state index contributed by atoms with van der Waals surface area (Å²) in [5.41, 5.74) is 1.15. The van der Waals surface area contributed by atoms with Gasteiger partial charge in [0, 0.05) is 39.7 Å². The van der Waals surface area contributed by atoms with Gasteiger partial charge in [0.15, 0.2) is 0 Å². The highest BCUT2D eigenvalue weighted by molar-refractivity contribution is 8.00. The number of fused-ring (bicyclic) bond motifs is 1. The van der Waals surface area contributed by atoms with Crippen LogP contribution in [0.25, 0.3) is 10.9 Å². The van der Waals surface area contributed by atoms with E-state index >= 15 is 0 Å². The zero-order valence-electron chi connectivity index (χ0n) is 14.6. The molecule has 1 heterocycles. The molecule has 0 saturated heterocycles. The van der Waals surface area contributed by atoms with Gasteiger partial charge in [-0.3, -0.25) is 4.79 Å². The molecule has 4 nitrogen and oxygen atoms in total. The van der Waals surface area contributed by atoms with Crippen LogP contribution in [0.15, 0.2) is 23.1 Å². The Bertz CT molecular complexity index is 754. The van der Waals surface area contributed by atoms with Crippen molar-refractivity contribution >= 4 is 28.6 Å². The molecule has 0 amide bonds. The number of aromatic nitrogens is 1. The standard InChI is InChI=1S/C18H25NO3S/c1-17(2,3)23-15-12-9-11(20)7-8-13(12)19(6)14(15)10-18(4,5)16(21)22/h7-9,20H,10H2,1-6H3,(H,21,22). The number of benzene rings is 1. The first-order chi connectivity index (χ1) is 10.4. The molecule has 0 fully saturated rings. The molecule has 0 aliphatic heterocycles. The van der Waals surface area contributed by atoms with Crippen molar-refractivity contribution in [1.82, 2.24) is 4.57 Å². The summed E-state index contributed by atoms with van der Waals surface area (Å²) in [6.45, 7) is 9.88. The summed E-state index contributed by atoms with van der Waals surface area (Å²) in [4.78, 5) is 12.6. The van der Waals surface area contributed by atoms with E-state index in [1.165, 1.54) is 0 Å². The Labute approximate surface area is 141 Å². The average Bonchev–Trinajstić information content (AvgIpc) is 2.62. The highest BCUT2D eigenvalue weighted by atomic mass is 32.2. The molecule has 0 spiro atoms. The SMILES string of the molecule is Cn1c(CC(C)(C)C(=O)O)c(SC(C)(C)C)c2cc(O)ccc21. The van der Waals surface area contributed by atoms with E-state index in [2.05, 4.69) is 20.8 Å². The van der Waals surface area contributed by atoms with Gasteiger partial charge < -0.3 is 14.8 Å². The lowest BCUT2D eigenvalue weighted by Gasteiger charge is -2.23. The Kier molecular flexibility index (Phi) is 4.46. The summed E-state index contributed by atoms with van der Waals surface area (Å²) < 4.78 is 2.04. The van der Waals surface area contributed by atoms with Gasteiger partial charge >= 0.3 is 5.97 Å². The Hall–Kier alpha value is -1.62. The summed E-state index contributed by atoms with van der Waals surface area (Å²) in [5.74, 6) is -0.583. The van der Waals surface area contributed by atoms with Crippen molar-refractivity contribution in [2.75, 3.05) is 0 Å². The second-order valence-corrected chi connectivity index (χ2v) is 9.45. The van der Waals surface area contributed by atoms with Gasteiger partial charge in [-0.15, -0.1) is 11.8 Å². The number of rotatable bonds is 4. The average molecular weight is 335 g/mol. The second-order valence-electron chi connectivity index (χ2n) is 7.62. The van der Waals surface area contributed by atoms with Gasteiger partial charge in [-0.05, 0) is 32.0 Å². The molecule has 23 heavy (non-hydrogen) atoms. The van der Waals surface area contributed by atoms with Crippen molar-refractivity contribution in [2.24, 2.45) is 12.5 Å². The summed E-state index contributed by atoms with van der Waals surface area (Å²) in [5, 5.41) is 20.3. The fraction of sp³-hybridized carbons (Fsp3) is 0.500. The van der Waals surface area contributed by atoms with Crippen molar-refractivity contribution in [3.63, 3.8) is 0 Å². The molecule has 0 saturated carbocycles. The number of aliphatic carboxylic acids is 1. The maximum atomic E-state index is 11.5. The molecule has 0 aliphatic carbocycles. The molecular formula is C18H25NO3S. The number of carbonyl (C=O) groups is 1. The van der Waals surface area contributed by atoms with E-state index in [1.807, 2.05) is 17.7 Å². The van der Waals surface area contributed by atoms with E-state index in [1.54, 1.807) is 37.7 Å². The van der Waals surface area contributed by atoms with E-state index in [-0.39, 0.29) is 10.5 Å². The van der Waals surface area contributed by atoms with Crippen molar-refractivity contribution in [3.8, 4) is 5.75 Å². The molecular weight excluding hydrogens is 310 g/mol. The summed E-state index contributed by atoms with van der Waals surface area (Å²) in [6, 6.07) is 5.31. The van der Waals surface area contributed by atoms with Crippen molar-refractivity contribution < 1.29 is 15.0 Å². The molecule has 126 valence electrons. The highest BCUT2D eigenvalue weighted by Crippen LogP contribution is 2.43. The quantitative estimate of drug-likeness (QED) is 0.812. The fourth-order valence-corrected chi connectivity index (χ4v) is 3.78. The third-order valence-corrected chi connectivity index (χ3v) is 5.12. The third kappa shape index (κ3) is 3.66. The molecule has 1 aromatic carbocycles. The van der Waals surface area contributed by atoms with Gasteiger partial charge in [0.05, 0.1) is 5.41 Å². The van der Waals surface area contributed by atoms with Crippen LogP contribution >= 0.6 is 11.8 Å². The topological polar surface area (TPSA) is 62.5 Å². The van der Waals surface area contributed by atoms with Crippen LogP contribution in [0.4, 0.5) is 0 Å². The van der Waals surface area contributed by atoms with E-state index < -0.39 is 11.4 Å². The fourth-order valence-electron chi connectivity index (χ4n) is 2.56. The molecule has 2 N–H and O–H groups in total. The first kappa shape index (κ1) is 17.7. The number of aromatic hydroxyl groups is 1. The highest BCUT2D eigenvalue weighted by Gasteiger charge is 2.32. The molecule has 0 unspecified atom stereocenters. The number of thioether (sulfide) groups is 1. The maximum Gasteiger partial charge on any atom is 0.309 e. The number of hydrogen-bond donors (Lipinski definition) is 2. The van der Waals surface area contributed by atoms with Crippen molar-refractivity contribution in [1.29, 1.82) is 0 Å². The lowest BCUT2D eigenvalue weighted by molar-refractivity contribution is -0.146. The Morgan fingerprint density at radius 3 is 2.35 bits per heavy atom. The minimum absolute atomic E-state index is 0.0120. The lowest BCUT2D eigenvalue weighted by Crippen LogP contribution is -2.27. The van der Waals surface area contributed by atoms with Gasteiger partial charge in [0.2, 0.25) is 0 Å². The van der Waals surface area contributed by atoms with Crippen LogP contribution in [0, 0.1) is 5.41 Å². The predicted molar refractivity (Wildman–Crippen MR) is 95.3 cm³/mol. The Morgan fingerprint density at radius 1 is 1.22 bits per heavy atom. The van der Waals surface area contributed by atoms with Crippen molar-refractivity contribution in [2.45, 2.75) is 50.7 Å². The van der Waals surface area contributed by atoms with Gasteiger partial charge in [-0.25, -0.2) is 0 Å². The van der Waals surface area contributed by atoms with E-state index in [0.717, 1.165) is 21.5 Å². The molecule has 2 rings (SSSR count). The van der Waals surface area contributed by atoms with Gasteiger partial charge in [-0.2, -0.15) is 0 Å². The molecule has 0 atom stereocenters. The Morgan fingerprint density at radius 2 is 1.83 bits per heavy atom. The normalized spacial score (nSPS) is 12.8. The van der Waals surface area contributed by atoms with Gasteiger partial charge in [0.1, 0.15) is 5.75 Å². The third-order valence-electron chi connectivity index (χ3n) is 3.85. The smallest absolute Gasteiger partial charge is 0.309 e. The van der Waals surface area contributed by atoms with Crippen LogP contribution in [0.3, 0.4) is 0 Å². The largest absolute Gasteiger partial charge is 0.508 e. The number of carboxylic acid groups (broad SMARTS) is 1. The first-order valence-corrected chi connectivity index (χ1v) is 8.47. The minimum Gasteiger partial charge on any atom is -0.508 e. The number of nitrogens with zero attached hydrogens (tertiary/aromatic N) is 1. The monoisotopic (exact) mass is 335 g/mol. The van der Waals surface area contributed by atoms with Crippen LogP contribution in [-0.2, 0) is 18.3 Å². The van der Waals surface area contributed by atoms with Crippen LogP contribution in [0.2, 0.25) is 0 Å². The molecule has 0 aliphatic rings. The van der Waals surface area contributed by atoms with E-state index in [9.17, 15) is 15.0 Å². The van der Waals surface area contributed by atoms with Crippen LogP contribution < -0.4 is 0 Å². The van der Waals surface area contributed by atoms with Crippen molar-refractivity contribution in [3.05, 3.63) is 23.9 Å². The predicted octanol–water partition coefficient (Wildman–Crippen LogP) is 4.43. The molecule has 0 radical (unpaired) electrons. The van der Waals surface area contributed by atoms with Gasteiger partial charge in [-0.1, -0.05) is 20.8 Å². The van der Waals surface area contributed by atoms with Gasteiger partial charge in [0.25, 0.3) is 0 Å². The molecule has 1 aromatic heterocycles. The lowest BCUT2D eigenvalue weighted by atomic mass is 9.88. The zero-order valence-corrected chi connectivity index (χ0v) is 15.4. The minimum atomic E-state index is -0.850. The van der Waals surface area contributed by atoms with E-state index in [4.69, 9.17) is 0 Å². The zero-order chi connectivity index (χ0) is 17.6. The van der Waals surface area contributed by atoms with Crippen LogP contribution in [0.5, 0.6) is 5.75 Å². The summed E-state index contributed by atoms with van der Waals surface area (Å²) in [7, 11) is 1.96. The molecule has 5 heteroatoms. The number of phenolic OH excluding ortho intramolecular Hbond substituents is 1. The summed E-state index contributed by atoms with van der Waals surface area (Å²) >= 11 is 1.71. The molecule has 2 aromatic rings. The van der Waals surface area contributed by atoms with Crippen LogP contribution in [0.1, 0.15) is 40.3 Å². The first-order valence-electron chi connectivity index (χ1n) is 7.65. The van der Waals surface area contributed by atoms with E-state index in [0.29, 0.717) is 6.42 Å². The van der Waals surface area contributed by atoms with Crippen LogP contribution in [-0.4, -0.2) is 25.5 Å². The molecule has 0 bridgehead atoms.